The zero-order valence-electron chi connectivity index (χ0n) is 52.6. The van der Waals surface area contributed by atoms with E-state index in [-0.39, 0.29) is 25.7 Å². The Kier molecular flexibility index (Phi) is 55.5. The number of aliphatic hydroxyl groups excluding tert-OH is 1. The first-order valence-corrected chi connectivity index (χ1v) is 36.1. The van der Waals surface area contributed by atoms with Crippen LogP contribution < -0.4 is 0 Å². The Morgan fingerprint density at radius 1 is 0.329 bits per heavy atom. The fourth-order valence-corrected chi connectivity index (χ4v) is 11.0. The number of carbonyl (C=O) groups excluding carboxylic acids is 4. The molecule has 0 aromatic carbocycles. The second-order valence-corrected chi connectivity index (χ2v) is 26.2. The van der Waals surface area contributed by atoms with Gasteiger partial charge in [-0.3, -0.25) is 37.3 Å². The number of phosphoric ester groups is 2. The molecular formula is C63H122O17P2. The molecule has 0 spiro atoms. The minimum Gasteiger partial charge on any atom is -0.462 e. The lowest BCUT2D eigenvalue weighted by atomic mass is 10.0. The summed E-state index contributed by atoms with van der Waals surface area (Å²) in [7, 11) is -9.87. The van der Waals surface area contributed by atoms with Crippen LogP contribution in [-0.4, -0.2) is 96.7 Å². The van der Waals surface area contributed by atoms with Gasteiger partial charge in [0.15, 0.2) is 12.2 Å². The lowest BCUT2D eigenvalue weighted by Crippen LogP contribution is -2.30. The lowest BCUT2D eigenvalue weighted by Gasteiger charge is -2.21. The van der Waals surface area contributed by atoms with Gasteiger partial charge in [-0.1, -0.05) is 266 Å². The highest BCUT2D eigenvalue weighted by molar-refractivity contribution is 7.47. The van der Waals surface area contributed by atoms with E-state index >= 15 is 0 Å². The van der Waals surface area contributed by atoms with E-state index in [1.165, 1.54) is 103 Å². The molecule has 0 aliphatic rings. The predicted octanol–water partition coefficient (Wildman–Crippen LogP) is 17.4. The standard InChI is InChI=1S/C63H122O17P2/c1-6-9-12-15-30-36-41-46-60(65)73-52-58(79-62(67)48-43-38-32-17-14-11-8-3)54-77-81(69,70)75-50-57(64)51-76-82(71,72)78-55-59(53-74-61(66)47-42-37-31-16-13-10-7-2)80-63(68)49-44-39-34-29-27-25-23-21-19-18-20-22-24-26-28-33-35-40-45-56(4)5/h56-59,64H,6-55H2,1-5H3,(H,69,70)(H,71,72)/t57-,58+,59+/m0/s1. The van der Waals surface area contributed by atoms with Crippen LogP contribution >= 0.6 is 15.6 Å². The SMILES string of the molecule is CCCCCCCCCC(=O)OC[C@H](COP(=O)(O)OC[C@H](O)COP(=O)(O)OC[C@@H](COC(=O)CCCCCCCCC)OC(=O)CCCCCCCCCCCCCCCCCCCCC(C)C)OC(=O)CCCCCCCCC. The highest BCUT2D eigenvalue weighted by atomic mass is 31.2. The van der Waals surface area contributed by atoms with Crippen LogP contribution in [0.4, 0.5) is 0 Å². The van der Waals surface area contributed by atoms with Crippen molar-refractivity contribution in [3.8, 4) is 0 Å². The summed E-state index contributed by atoms with van der Waals surface area (Å²) in [6, 6.07) is 0. The molecule has 17 nitrogen and oxygen atoms in total. The highest BCUT2D eigenvalue weighted by Crippen LogP contribution is 2.45. The Labute approximate surface area is 498 Å². The first-order valence-electron chi connectivity index (χ1n) is 33.1. The van der Waals surface area contributed by atoms with Crippen LogP contribution in [0.15, 0.2) is 0 Å². The molecule has 0 bridgehead atoms. The Morgan fingerprint density at radius 2 is 0.561 bits per heavy atom. The van der Waals surface area contributed by atoms with Crippen molar-refractivity contribution in [2.75, 3.05) is 39.6 Å². The Bertz CT molecular complexity index is 1600. The molecule has 0 radical (unpaired) electrons. The van der Waals surface area contributed by atoms with Gasteiger partial charge in [-0.05, 0) is 31.6 Å². The van der Waals surface area contributed by atoms with Crippen molar-refractivity contribution in [3.05, 3.63) is 0 Å². The summed E-state index contributed by atoms with van der Waals surface area (Å²) < 4.78 is 67.6. The van der Waals surface area contributed by atoms with E-state index in [0.717, 1.165) is 134 Å². The van der Waals surface area contributed by atoms with E-state index in [1.54, 1.807) is 0 Å². The van der Waals surface area contributed by atoms with Crippen molar-refractivity contribution in [2.45, 2.75) is 335 Å². The average Bonchev–Trinajstić information content (AvgIpc) is 3.46. The van der Waals surface area contributed by atoms with Crippen LogP contribution in [0.25, 0.3) is 0 Å². The summed E-state index contributed by atoms with van der Waals surface area (Å²) in [5.41, 5.74) is 0. The molecule has 0 saturated heterocycles. The van der Waals surface area contributed by atoms with Gasteiger partial charge in [-0.2, -0.15) is 0 Å². The molecule has 0 amide bonds. The van der Waals surface area contributed by atoms with Gasteiger partial charge in [0.25, 0.3) is 0 Å². The fraction of sp³-hybridized carbons (Fsp3) is 0.937. The van der Waals surface area contributed by atoms with Gasteiger partial charge in [0.05, 0.1) is 26.4 Å². The second kappa shape index (κ2) is 56.8. The first-order chi connectivity index (χ1) is 39.5. The Balaban J connectivity index is 5.01. The van der Waals surface area contributed by atoms with Gasteiger partial charge in [0.1, 0.15) is 19.3 Å². The normalized spacial score (nSPS) is 14.3. The average molecular weight is 1210 g/mol. The zero-order chi connectivity index (χ0) is 60.6. The minimum absolute atomic E-state index is 0.103. The zero-order valence-corrected chi connectivity index (χ0v) is 54.4. The number of phosphoric acid groups is 2. The molecule has 19 heteroatoms. The topological polar surface area (TPSA) is 237 Å². The third-order valence-corrected chi connectivity index (χ3v) is 16.4. The minimum atomic E-state index is -4.94. The number of hydrogen-bond acceptors (Lipinski definition) is 15. The number of rotatable bonds is 63. The molecule has 0 aliphatic carbocycles. The third-order valence-electron chi connectivity index (χ3n) is 14.5. The number of carbonyl (C=O) groups is 4. The van der Waals surface area contributed by atoms with E-state index < -0.39 is 97.5 Å². The van der Waals surface area contributed by atoms with Crippen LogP contribution in [-0.2, 0) is 65.4 Å². The maximum atomic E-state index is 12.9. The van der Waals surface area contributed by atoms with Crippen LogP contribution in [0.3, 0.4) is 0 Å². The molecule has 3 N–H and O–H groups in total. The number of esters is 4. The molecular weight excluding hydrogens is 1090 g/mol. The molecule has 0 saturated carbocycles. The maximum Gasteiger partial charge on any atom is 0.472 e. The molecule has 5 atom stereocenters. The summed E-state index contributed by atoms with van der Waals surface area (Å²) in [6.45, 7) is 7.10. The first kappa shape index (κ1) is 80.1. The fourth-order valence-electron chi connectivity index (χ4n) is 9.41. The van der Waals surface area contributed by atoms with Crippen LogP contribution in [0.2, 0.25) is 0 Å². The summed E-state index contributed by atoms with van der Waals surface area (Å²) in [6.07, 6.45) is 40.9. The van der Waals surface area contributed by atoms with Gasteiger partial charge >= 0.3 is 39.5 Å². The molecule has 0 heterocycles. The van der Waals surface area contributed by atoms with Gasteiger partial charge < -0.3 is 33.8 Å². The second-order valence-electron chi connectivity index (χ2n) is 23.3. The monoisotopic (exact) mass is 1210 g/mol. The van der Waals surface area contributed by atoms with Crippen molar-refractivity contribution in [1.29, 1.82) is 0 Å². The molecule has 0 fully saturated rings. The van der Waals surface area contributed by atoms with E-state index in [2.05, 4.69) is 34.6 Å². The van der Waals surface area contributed by atoms with E-state index in [1.807, 2.05) is 0 Å². The number of aliphatic hydroxyl groups is 1. The smallest absolute Gasteiger partial charge is 0.462 e. The van der Waals surface area contributed by atoms with E-state index in [0.29, 0.717) is 25.7 Å². The summed E-state index contributed by atoms with van der Waals surface area (Å²) in [5.74, 6) is -1.33. The van der Waals surface area contributed by atoms with E-state index in [9.17, 15) is 43.2 Å². The van der Waals surface area contributed by atoms with Gasteiger partial charge in [-0.25, -0.2) is 9.13 Å². The highest BCUT2D eigenvalue weighted by Gasteiger charge is 2.30. The molecule has 0 aromatic rings. The predicted molar refractivity (Wildman–Crippen MR) is 326 cm³/mol. The van der Waals surface area contributed by atoms with E-state index in [4.69, 9.17) is 37.0 Å². The summed E-state index contributed by atoms with van der Waals surface area (Å²) in [5, 5.41) is 10.5. The van der Waals surface area contributed by atoms with Crippen molar-refractivity contribution >= 4 is 39.5 Å². The number of unbranched alkanes of at least 4 members (excludes halogenated alkanes) is 35. The quantitative estimate of drug-likeness (QED) is 0.0222. The van der Waals surface area contributed by atoms with Crippen LogP contribution in [0.1, 0.15) is 317 Å². The maximum absolute atomic E-state index is 12.9. The molecule has 2 unspecified atom stereocenters. The molecule has 0 rings (SSSR count). The van der Waals surface area contributed by atoms with Gasteiger partial charge in [0.2, 0.25) is 0 Å². The lowest BCUT2D eigenvalue weighted by molar-refractivity contribution is -0.161. The van der Waals surface area contributed by atoms with Crippen LogP contribution in [0, 0.1) is 5.92 Å². The number of hydrogen-bond donors (Lipinski definition) is 3. The van der Waals surface area contributed by atoms with Crippen LogP contribution in [0.5, 0.6) is 0 Å². The van der Waals surface area contributed by atoms with Crippen molar-refractivity contribution in [1.82, 2.24) is 0 Å². The van der Waals surface area contributed by atoms with Gasteiger partial charge in [-0.15, -0.1) is 0 Å². The summed E-state index contributed by atoms with van der Waals surface area (Å²) >= 11 is 0. The molecule has 0 aliphatic heterocycles. The van der Waals surface area contributed by atoms with Crippen molar-refractivity contribution in [3.63, 3.8) is 0 Å². The molecule has 82 heavy (non-hydrogen) atoms. The Hall–Kier alpha value is -1.94. The largest absolute Gasteiger partial charge is 0.472 e. The number of ether oxygens (including phenoxy) is 4. The molecule has 486 valence electrons. The van der Waals surface area contributed by atoms with Crippen molar-refractivity contribution < 1.29 is 80.2 Å². The third kappa shape index (κ3) is 57.2. The van der Waals surface area contributed by atoms with Crippen molar-refractivity contribution in [2.24, 2.45) is 5.92 Å². The Morgan fingerprint density at radius 3 is 0.829 bits per heavy atom. The summed E-state index contributed by atoms with van der Waals surface area (Å²) in [4.78, 5) is 71.7. The van der Waals surface area contributed by atoms with Gasteiger partial charge in [0, 0.05) is 25.7 Å². The molecule has 0 aromatic heterocycles.